The summed E-state index contributed by atoms with van der Waals surface area (Å²) >= 11 is 3.35. The van der Waals surface area contributed by atoms with Crippen molar-refractivity contribution >= 4 is 33.8 Å². The quantitative estimate of drug-likeness (QED) is 0.391. The maximum Gasteiger partial charge on any atom is 0.224 e. The van der Waals surface area contributed by atoms with Crippen LogP contribution in [-0.2, 0) is 0 Å². The van der Waals surface area contributed by atoms with Gasteiger partial charge in [-0.1, -0.05) is 15.9 Å². The summed E-state index contributed by atoms with van der Waals surface area (Å²) in [6.45, 7) is 0. The zero-order valence-electron chi connectivity index (χ0n) is 9.17. The van der Waals surface area contributed by atoms with Crippen LogP contribution in [0.5, 0.6) is 0 Å². The summed E-state index contributed by atoms with van der Waals surface area (Å²) in [4.78, 5) is 0. The highest BCUT2D eigenvalue weighted by atomic mass is 79.9. The van der Waals surface area contributed by atoms with Crippen LogP contribution in [-0.4, -0.2) is 22.4 Å². The van der Waals surface area contributed by atoms with Crippen LogP contribution in [0.3, 0.4) is 0 Å². The number of aromatic nitrogens is 2. The molecule has 1 aromatic heterocycles. The molecule has 0 saturated heterocycles. The van der Waals surface area contributed by atoms with E-state index in [1.165, 1.54) is 0 Å². The van der Waals surface area contributed by atoms with E-state index < -0.39 is 0 Å². The third kappa shape index (κ3) is 2.92. The van der Waals surface area contributed by atoms with Crippen molar-refractivity contribution in [2.24, 2.45) is 10.8 Å². The Labute approximate surface area is 111 Å². The van der Waals surface area contributed by atoms with Gasteiger partial charge in [0.2, 0.25) is 12.1 Å². The Hall–Kier alpha value is -2.22. The lowest BCUT2D eigenvalue weighted by molar-refractivity contribution is -0.456. The molecule has 18 heavy (non-hydrogen) atoms. The summed E-state index contributed by atoms with van der Waals surface area (Å²) in [5, 5.41) is 13.5. The summed E-state index contributed by atoms with van der Waals surface area (Å²) in [5.74, 6) is 0.198. The molecule has 0 atom stereocenters. The van der Waals surface area contributed by atoms with Gasteiger partial charge in [-0.05, 0) is 34.6 Å². The number of hydrazone groups is 1. The molecule has 0 amide bonds. The number of hydrogen-bond donors (Lipinski definition) is 3. The molecule has 0 aliphatic carbocycles. The predicted molar refractivity (Wildman–Crippen MR) is 69.7 cm³/mol. The van der Waals surface area contributed by atoms with Crippen LogP contribution in [0.2, 0.25) is 0 Å². The van der Waals surface area contributed by atoms with E-state index in [-0.39, 0.29) is 17.3 Å². The fourth-order valence-corrected chi connectivity index (χ4v) is 1.43. The minimum atomic E-state index is 0.0988. The van der Waals surface area contributed by atoms with E-state index in [1.807, 2.05) is 24.3 Å². The Bertz CT molecular complexity index is 589. The first-order valence-electron chi connectivity index (χ1n) is 4.92. The SMILES string of the molecule is NC(=N[NH+]=Cc1ccc(Br)cc1)c1nonc1N. The van der Waals surface area contributed by atoms with Gasteiger partial charge in [0.15, 0.2) is 11.5 Å². The highest BCUT2D eigenvalue weighted by Crippen LogP contribution is 2.08. The molecule has 0 fully saturated rings. The monoisotopic (exact) mass is 309 g/mol. The average molecular weight is 310 g/mol. The Morgan fingerprint density at radius 2 is 2.06 bits per heavy atom. The highest BCUT2D eigenvalue weighted by molar-refractivity contribution is 9.10. The summed E-state index contributed by atoms with van der Waals surface area (Å²) in [7, 11) is 0. The van der Waals surface area contributed by atoms with Crippen molar-refractivity contribution in [1.29, 1.82) is 0 Å². The van der Waals surface area contributed by atoms with Gasteiger partial charge in [0, 0.05) is 15.1 Å². The number of nitrogen functional groups attached to an aromatic ring is 1. The second-order valence-corrected chi connectivity index (χ2v) is 4.24. The van der Waals surface area contributed by atoms with Crippen LogP contribution in [0.25, 0.3) is 0 Å². The molecular formula is C10H10BrN6O+. The molecule has 0 radical (unpaired) electrons. The number of nitrogens with zero attached hydrogens (tertiary/aromatic N) is 3. The molecule has 8 heteroatoms. The van der Waals surface area contributed by atoms with Crippen LogP contribution in [0.4, 0.5) is 5.82 Å². The molecule has 2 aromatic rings. The van der Waals surface area contributed by atoms with E-state index in [0.717, 1.165) is 10.0 Å². The van der Waals surface area contributed by atoms with Gasteiger partial charge in [-0.2, -0.15) is 0 Å². The molecule has 0 saturated carbocycles. The number of nitrogens with two attached hydrogens (primary N) is 2. The predicted octanol–water partition coefficient (Wildman–Crippen LogP) is -0.766. The second-order valence-electron chi connectivity index (χ2n) is 3.32. The molecule has 92 valence electrons. The third-order valence-electron chi connectivity index (χ3n) is 2.04. The zero-order chi connectivity index (χ0) is 13.0. The lowest BCUT2D eigenvalue weighted by atomic mass is 10.2. The van der Waals surface area contributed by atoms with E-state index in [9.17, 15) is 0 Å². The molecule has 7 nitrogen and oxygen atoms in total. The van der Waals surface area contributed by atoms with E-state index in [4.69, 9.17) is 11.5 Å². The van der Waals surface area contributed by atoms with E-state index in [1.54, 1.807) is 6.21 Å². The molecule has 2 rings (SSSR count). The number of halogens is 1. The largest absolute Gasteiger partial charge is 0.379 e. The van der Waals surface area contributed by atoms with Crippen molar-refractivity contribution in [2.45, 2.75) is 0 Å². The van der Waals surface area contributed by atoms with Crippen LogP contribution >= 0.6 is 15.9 Å². The maximum atomic E-state index is 5.65. The minimum Gasteiger partial charge on any atom is -0.379 e. The average Bonchev–Trinajstić information content (AvgIpc) is 2.78. The number of hydrogen-bond acceptors (Lipinski definition) is 5. The van der Waals surface area contributed by atoms with Crippen LogP contribution in [0, 0.1) is 0 Å². The van der Waals surface area contributed by atoms with Crippen molar-refractivity contribution in [1.82, 2.24) is 10.3 Å². The van der Waals surface area contributed by atoms with Gasteiger partial charge in [0.1, 0.15) is 0 Å². The van der Waals surface area contributed by atoms with Gasteiger partial charge < -0.3 is 11.5 Å². The molecule has 0 spiro atoms. The second kappa shape index (κ2) is 5.41. The van der Waals surface area contributed by atoms with Gasteiger partial charge in [0.05, 0.1) is 0 Å². The summed E-state index contributed by atoms with van der Waals surface area (Å²) in [5.41, 5.74) is 12.3. The van der Waals surface area contributed by atoms with E-state index in [0.29, 0.717) is 0 Å². The maximum absolute atomic E-state index is 5.65. The molecule has 5 N–H and O–H groups in total. The number of rotatable bonds is 3. The first kappa shape index (κ1) is 12.2. The van der Waals surface area contributed by atoms with E-state index in [2.05, 4.69) is 41.1 Å². The van der Waals surface area contributed by atoms with Crippen LogP contribution in [0.15, 0.2) is 38.5 Å². The molecule has 0 aliphatic rings. The number of anilines is 1. The Morgan fingerprint density at radius 1 is 1.33 bits per heavy atom. The fourth-order valence-electron chi connectivity index (χ4n) is 1.16. The van der Waals surface area contributed by atoms with Crippen LogP contribution < -0.4 is 16.6 Å². The molecular weight excluding hydrogens is 300 g/mol. The zero-order valence-corrected chi connectivity index (χ0v) is 10.8. The smallest absolute Gasteiger partial charge is 0.224 e. The Morgan fingerprint density at radius 3 is 2.67 bits per heavy atom. The lowest BCUT2D eigenvalue weighted by Crippen LogP contribution is -2.63. The Balaban J connectivity index is 2.11. The summed E-state index contributed by atoms with van der Waals surface area (Å²) in [6.07, 6.45) is 1.68. The fraction of sp³-hybridized carbons (Fsp3) is 0. The topological polar surface area (TPSA) is 117 Å². The van der Waals surface area contributed by atoms with Gasteiger partial charge in [0.25, 0.3) is 0 Å². The molecule has 1 heterocycles. The van der Waals surface area contributed by atoms with E-state index >= 15 is 0 Å². The van der Waals surface area contributed by atoms with Gasteiger partial charge in [-0.3, -0.25) is 0 Å². The minimum absolute atomic E-state index is 0.0988. The normalized spacial score (nSPS) is 12.2. The first-order chi connectivity index (χ1) is 8.66. The lowest BCUT2D eigenvalue weighted by Gasteiger charge is -1.89. The van der Waals surface area contributed by atoms with Gasteiger partial charge in [-0.15, -0.1) is 5.10 Å². The summed E-state index contributed by atoms with van der Waals surface area (Å²) < 4.78 is 5.42. The van der Waals surface area contributed by atoms with Gasteiger partial charge in [-0.25, -0.2) is 4.63 Å². The highest BCUT2D eigenvalue weighted by Gasteiger charge is 2.11. The van der Waals surface area contributed by atoms with Crippen molar-refractivity contribution in [3.63, 3.8) is 0 Å². The molecule has 0 aliphatic heterocycles. The molecule has 0 bridgehead atoms. The van der Waals surface area contributed by atoms with Crippen molar-refractivity contribution < 1.29 is 9.73 Å². The number of nitrogens with one attached hydrogen (secondary N) is 1. The molecule has 1 aromatic carbocycles. The van der Waals surface area contributed by atoms with Crippen molar-refractivity contribution in [3.8, 4) is 0 Å². The van der Waals surface area contributed by atoms with Crippen molar-refractivity contribution in [3.05, 3.63) is 40.0 Å². The standard InChI is InChI=1S/C10H9BrN6O/c11-7-3-1-6(2-4-7)5-14-15-9(12)8-10(13)17-18-16-8/h1-5H,(H2,12,15)(H2,13,17)/p+1. The third-order valence-corrected chi connectivity index (χ3v) is 2.57. The number of benzene rings is 1. The van der Waals surface area contributed by atoms with Crippen LogP contribution in [0.1, 0.15) is 11.3 Å². The number of amidine groups is 1. The van der Waals surface area contributed by atoms with Gasteiger partial charge >= 0.3 is 0 Å². The summed E-state index contributed by atoms with van der Waals surface area (Å²) in [6, 6.07) is 7.66. The first-order valence-corrected chi connectivity index (χ1v) is 5.72. The van der Waals surface area contributed by atoms with Crippen molar-refractivity contribution in [2.75, 3.05) is 5.73 Å². The molecule has 0 unspecified atom stereocenters. The Kier molecular flexibility index (Phi) is 3.68.